The van der Waals surface area contributed by atoms with Crippen molar-refractivity contribution >= 4 is 27.8 Å². The van der Waals surface area contributed by atoms with E-state index >= 15 is 0 Å². The second-order valence-corrected chi connectivity index (χ2v) is 8.89. The van der Waals surface area contributed by atoms with Crippen LogP contribution in [0.1, 0.15) is 17.6 Å². The van der Waals surface area contributed by atoms with Gasteiger partial charge in [-0.25, -0.2) is 9.97 Å². The number of benzene rings is 1. The van der Waals surface area contributed by atoms with Crippen molar-refractivity contribution in [3.63, 3.8) is 0 Å². The molecule has 3 atom stereocenters. The lowest BCUT2D eigenvalue weighted by Crippen LogP contribution is -2.23. The van der Waals surface area contributed by atoms with E-state index in [4.69, 9.17) is 4.52 Å². The van der Waals surface area contributed by atoms with E-state index in [-0.39, 0.29) is 12.1 Å². The fraction of sp³-hybridized carbons (Fsp3) is 0.304. The molecular formula is C23H20N8O2. The first-order valence-corrected chi connectivity index (χ1v) is 10.9. The van der Waals surface area contributed by atoms with Gasteiger partial charge in [0.15, 0.2) is 17.0 Å². The number of piperidine rings is 1. The first kappa shape index (κ1) is 18.5. The zero-order valence-corrected chi connectivity index (χ0v) is 17.9. The van der Waals surface area contributed by atoms with Crippen LogP contribution < -0.4 is 10.5 Å². The zero-order chi connectivity index (χ0) is 22.1. The SMILES string of the molecule is Cn1cnc2ncn(Cc3nc([C@H]4[C@@H]5CN(c6ccc7ncccc7c6)C[C@@H]54)no3)c(=O)c21. The number of imidazole rings is 1. The van der Waals surface area contributed by atoms with E-state index in [1.165, 1.54) is 16.6 Å². The number of fused-ring (bicyclic) bond motifs is 3. The van der Waals surface area contributed by atoms with Crippen molar-refractivity contribution in [3.8, 4) is 0 Å². The third-order valence-corrected chi connectivity index (χ3v) is 6.93. The maximum atomic E-state index is 12.7. The van der Waals surface area contributed by atoms with E-state index in [1.807, 2.05) is 12.3 Å². The van der Waals surface area contributed by atoms with Gasteiger partial charge in [0.25, 0.3) is 5.56 Å². The molecule has 0 spiro atoms. The number of nitrogens with zero attached hydrogens (tertiary/aromatic N) is 8. The van der Waals surface area contributed by atoms with Crippen molar-refractivity contribution in [2.45, 2.75) is 12.5 Å². The van der Waals surface area contributed by atoms with Gasteiger partial charge in [-0.05, 0) is 36.1 Å². The normalized spacial score (nSPS) is 21.7. The minimum Gasteiger partial charge on any atom is -0.371 e. The highest BCUT2D eigenvalue weighted by Gasteiger charge is 2.58. The maximum Gasteiger partial charge on any atom is 0.280 e. The molecule has 0 N–H and O–H groups in total. The van der Waals surface area contributed by atoms with Crippen molar-refractivity contribution in [2.75, 3.05) is 18.0 Å². The Labute approximate surface area is 187 Å². The molecule has 0 radical (unpaired) electrons. The monoisotopic (exact) mass is 440 g/mol. The number of hydrogen-bond acceptors (Lipinski definition) is 8. The lowest BCUT2D eigenvalue weighted by atomic mass is 10.1. The molecule has 164 valence electrons. The van der Waals surface area contributed by atoms with Gasteiger partial charge < -0.3 is 14.0 Å². The van der Waals surface area contributed by atoms with Gasteiger partial charge in [-0.1, -0.05) is 11.2 Å². The molecule has 10 nitrogen and oxygen atoms in total. The summed E-state index contributed by atoms with van der Waals surface area (Å²) < 4.78 is 8.63. The lowest BCUT2D eigenvalue weighted by Gasteiger charge is -2.21. The summed E-state index contributed by atoms with van der Waals surface area (Å²) in [7, 11) is 1.78. The Morgan fingerprint density at radius 2 is 1.94 bits per heavy atom. The molecule has 1 saturated heterocycles. The first-order valence-electron chi connectivity index (χ1n) is 10.9. The smallest absolute Gasteiger partial charge is 0.280 e. The summed E-state index contributed by atoms with van der Waals surface area (Å²) in [6.07, 6.45) is 4.88. The Hall–Kier alpha value is -4.08. The average molecular weight is 440 g/mol. The second-order valence-electron chi connectivity index (χ2n) is 8.89. The molecule has 1 aromatic carbocycles. The van der Waals surface area contributed by atoms with Gasteiger partial charge in [0.1, 0.15) is 12.9 Å². The number of rotatable bonds is 4. The van der Waals surface area contributed by atoms with Crippen LogP contribution in [0.3, 0.4) is 0 Å². The Kier molecular flexibility index (Phi) is 3.76. The van der Waals surface area contributed by atoms with E-state index in [1.54, 1.807) is 17.9 Å². The van der Waals surface area contributed by atoms with Crippen molar-refractivity contribution in [1.29, 1.82) is 0 Å². The molecule has 1 saturated carbocycles. The van der Waals surface area contributed by atoms with E-state index in [0.29, 0.717) is 34.8 Å². The third kappa shape index (κ3) is 2.86. The maximum absolute atomic E-state index is 12.7. The van der Waals surface area contributed by atoms with Crippen molar-refractivity contribution in [2.24, 2.45) is 18.9 Å². The molecule has 1 aliphatic carbocycles. The molecular weight excluding hydrogens is 420 g/mol. The van der Waals surface area contributed by atoms with E-state index in [9.17, 15) is 4.79 Å². The molecule has 5 aromatic rings. The highest BCUT2D eigenvalue weighted by atomic mass is 16.5. The Morgan fingerprint density at radius 1 is 1.09 bits per heavy atom. The molecule has 0 unspecified atom stereocenters. The number of hydrogen-bond donors (Lipinski definition) is 0. The van der Waals surface area contributed by atoms with Gasteiger partial charge in [-0.15, -0.1) is 0 Å². The van der Waals surface area contributed by atoms with Crippen LogP contribution in [0, 0.1) is 11.8 Å². The minimum atomic E-state index is -0.177. The quantitative estimate of drug-likeness (QED) is 0.417. The van der Waals surface area contributed by atoms with Crippen LogP contribution in [0.2, 0.25) is 0 Å². The van der Waals surface area contributed by atoms with Gasteiger partial charge in [0, 0.05) is 43.3 Å². The van der Waals surface area contributed by atoms with Crippen molar-refractivity contribution < 1.29 is 4.52 Å². The number of pyridine rings is 1. The first-order chi connectivity index (χ1) is 16.2. The van der Waals surface area contributed by atoms with E-state index in [0.717, 1.165) is 29.8 Å². The Morgan fingerprint density at radius 3 is 2.82 bits per heavy atom. The predicted octanol–water partition coefficient (Wildman–Crippen LogP) is 1.96. The van der Waals surface area contributed by atoms with Gasteiger partial charge in [0.05, 0.1) is 11.8 Å². The number of aryl methyl sites for hydroxylation is 1. The van der Waals surface area contributed by atoms with Gasteiger partial charge in [0.2, 0.25) is 5.89 Å². The summed E-state index contributed by atoms with van der Waals surface area (Å²) in [6, 6.07) is 10.5. The highest BCUT2D eigenvalue weighted by molar-refractivity contribution is 5.82. The van der Waals surface area contributed by atoms with Crippen LogP contribution in [-0.2, 0) is 13.6 Å². The summed E-state index contributed by atoms with van der Waals surface area (Å²) in [6.45, 7) is 2.15. The average Bonchev–Trinajstić information content (AvgIpc) is 3.24. The van der Waals surface area contributed by atoms with Crippen LogP contribution in [0.5, 0.6) is 0 Å². The van der Waals surface area contributed by atoms with Crippen LogP contribution in [0.15, 0.2) is 58.5 Å². The fourth-order valence-corrected chi connectivity index (χ4v) is 5.18. The van der Waals surface area contributed by atoms with Crippen molar-refractivity contribution in [3.05, 3.63) is 71.3 Å². The topological polar surface area (TPSA) is 108 Å². The van der Waals surface area contributed by atoms with Crippen LogP contribution in [-0.4, -0.2) is 47.3 Å². The van der Waals surface area contributed by atoms with Crippen LogP contribution in [0.4, 0.5) is 5.69 Å². The molecule has 7 rings (SSSR count). The predicted molar refractivity (Wildman–Crippen MR) is 120 cm³/mol. The summed E-state index contributed by atoms with van der Waals surface area (Å²) in [5, 5.41) is 5.39. The Bertz CT molecular complexity index is 1570. The minimum absolute atomic E-state index is 0.177. The molecule has 2 aliphatic rings. The summed E-state index contributed by atoms with van der Waals surface area (Å²) in [5.74, 6) is 2.52. The molecule has 0 amide bonds. The van der Waals surface area contributed by atoms with E-state index in [2.05, 4.69) is 54.3 Å². The molecule has 0 bridgehead atoms. The zero-order valence-electron chi connectivity index (χ0n) is 17.9. The van der Waals surface area contributed by atoms with E-state index < -0.39 is 0 Å². The fourth-order valence-electron chi connectivity index (χ4n) is 5.18. The molecule has 4 aromatic heterocycles. The van der Waals surface area contributed by atoms with Gasteiger partial charge in [-0.2, -0.15) is 4.98 Å². The van der Waals surface area contributed by atoms with Crippen LogP contribution >= 0.6 is 0 Å². The summed E-state index contributed by atoms with van der Waals surface area (Å²) in [5.41, 5.74) is 2.96. The Balaban J connectivity index is 1.06. The second kappa shape index (κ2) is 6.71. The molecule has 2 fully saturated rings. The number of anilines is 1. The van der Waals surface area contributed by atoms with Crippen molar-refractivity contribution in [1.82, 2.24) is 34.2 Å². The third-order valence-electron chi connectivity index (χ3n) is 6.93. The van der Waals surface area contributed by atoms with Gasteiger partial charge in [-0.3, -0.25) is 14.3 Å². The summed E-state index contributed by atoms with van der Waals surface area (Å²) >= 11 is 0. The summed E-state index contributed by atoms with van der Waals surface area (Å²) in [4.78, 5) is 32.5. The largest absolute Gasteiger partial charge is 0.371 e. The molecule has 33 heavy (non-hydrogen) atoms. The van der Waals surface area contributed by atoms with Crippen LogP contribution in [0.25, 0.3) is 22.1 Å². The number of aromatic nitrogens is 7. The molecule has 1 aliphatic heterocycles. The molecule has 10 heteroatoms. The molecule has 5 heterocycles. The standard InChI is InChI=1S/C23H20N8O2/c1-29-11-25-22-20(29)23(32)31(12-26-22)10-18-27-21(28-33-18)19-15-8-30(9-16(15)19)14-4-5-17-13(7-14)3-2-6-24-17/h2-7,11-12,15-16,19H,8-10H2,1H3/t15-,16+,19+. The van der Waals surface area contributed by atoms with Gasteiger partial charge >= 0.3 is 0 Å². The lowest BCUT2D eigenvalue weighted by molar-refractivity contribution is 0.363. The highest BCUT2D eigenvalue weighted by Crippen LogP contribution is 2.58.